The van der Waals surface area contributed by atoms with Crippen LogP contribution in [0.25, 0.3) is 0 Å². The lowest BCUT2D eigenvalue weighted by Crippen LogP contribution is -2.34. The molecule has 76 valence electrons. The Morgan fingerprint density at radius 3 is 3.00 bits per heavy atom. The molecule has 0 bridgehead atoms. The molecule has 0 aromatic heterocycles. The van der Waals surface area contributed by atoms with Crippen LogP contribution >= 0.6 is 12.6 Å². The summed E-state index contributed by atoms with van der Waals surface area (Å²) < 4.78 is 5.44. The standard InChI is InChI=1S/C9H17NO2S/c1-10(9(11)4-6-13)7-8-3-2-5-12-8/h8,13H,2-7H2,1H3. The molecule has 1 saturated heterocycles. The van der Waals surface area contributed by atoms with Gasteiger partial charge in [0.15, 0.2) is 0 Å². The number of likely N-dealkylation sites (N-methyl/N-ethyl adjacent to an activating group) is 1. The Morgan fingerprint density at radius 2 is 2.46 bits per heavy atom. The number of carbonyl (C=O) groups is 1. The van der Waals surface area contributed by atoms with Gasteiger partial charge in [0.25, 0.3) is 0 Å². The lowest BCUT2D eigenvalue weighted by Gasteiger charge is -2.20. The molecule has 0 spiro atoms. The molecule has 0 aromatic rings. The van der Waals surface area contributed by atoms with Crippen molar-refractivity contribution in [3.8, 4) is 0 Å². The second-order valence-electron chi connectivity index (χ2n) is 3.38. The number of hydrogen-bond donors (Lipinski definition) is 1. The molecule has 1 aliphatic heterocycles. The van der Waals surface area contributed by atoms with E-state index in [-0.39, 0.29) is 12.0 Å². The highest BCUT2D eigenvalue weighted by atomic mass is 32.1. The van der Waals surface area contributed by atoms with Crippen LogP contribution in [0, 0.1) is 0 Å². The molecule has 0 aromatic carbocycles. The second-order valence-corrected chi connectivity index (χ2v) is 3.83. The van der Waals surface area contributed by atoms with Gasteiger partial charge in [-0.3, -0.25) is 4.79 Å². The van der Waals surface area contributed by atoms with E-state index >= 15 is 0 Å². The summed E-state index contributed by atoms with van der Waals surface area (Å²) in [5.74, 6) is 0.778. The molecule has 4 heteroatoms. The van der Waals surface area contributed by atoms with Gasteiger partial charge in [-0.05, 0) is 18.6 Å². The fraction of sp³-hybridized carbons (Fsp3) is 0.889. The fourth-order valence-corrected chi connectivity index (χ4v) is 1.67. The first-order chi connectivity index (χ1) is 6.24. The maximum absolute atomic E-state index is 11.4. The molecule has 0 aliphatic carbocycles. The summed E-state index contributed by atoms with van der Waals surface area (Å²) >= 11 is 4.02. The second kappa shape index (κ2) is 5.50. The van der Waals surface area contributed by atoms with Crippen molar-refractivity contribution in [2.75, 3.05) is 26.0 Å². The zero-order chi connectivity index (χ0) is 9.68. The number of thiol groups is 1. The summed E-state index contributed by atoms with van der Waals surface area (Å²) in [4.78, 5) is 13.1. The lowest BCUT2D eigenvalue weighted by molar-refractivity contribution is -0.130. The lowest BCUT2D eigenvalue weighted by atomic mass is 10.2. The average molecular weight is 203 g/mol. The van der Waals surface area contributed by atoms with Crippen LogP contribution in [0.5, 0.6) is 0 Å². The third-order valence-corrected chi connectivity index (χ3v) is 2.48. The summed E-state index contributed by atoms with van der Waals surface area (Å²) in [5, 5.41) is 0. The largest absolute Gasteiger partial charge is 0.376 e. The molecule has 1 heterocycles. The molecule has 1 fully saturated rings. The molecule has 1 rings (SSSR count). The van der Waals surface area contributed by atoms with E-state index < -0.39 is 0 Å². The molecule has 1 amide bonds. The quantitative estimate of drug-likeness (QED) is 0.689. The molecule has 0 N–H and O–H groups in total. The molecular weight excluding hydrogens is 186 g/mol. The van der Waals surface area contributed by atoms with E-state index in [1.54, 1.807) is 4.90 Å². The van der Waals surface area contributed by atoms with Gasteiger partial charge < -0.3 is 9.64 Å². The summed E-state index contributed by atoms with van der Waals surface area (Å²) in [6, 6.07) is 0. The predicted molar refractivity (Wildman–Crippen MR) is 55.1 cm³/mol. The van der Waals surface area contributed by atoms with Gasteiger partial charge >= 0.3 is 0 Å². The Balaban J connectivity index is 2.22. The van der Waals surface area contributed by atoms with Crippen molar-refractivity contribution >= 4 is 18.5 Å². The van der Waals surface area contributed by atoms with Gasteiger partial charge in [0.1, 0.15) is 0 Å². The van der Waals surface area contributed by atoms with E-state index in [0.717, 1.165) is 26.0 Å². The number of nitrogens with zero attached hydrogens (tertiary/aromatic N) is 1. The maximum atomic E-state index is 11.4. The highest BCUT2D eigenvalue weighted by Crippen LogP contribution is 2.12. The summed E-state index contributed by atoms with van der Waals surface area (Å²) in [7, 11) is 1.83. The van der Waals surface area contributed by atoms with Crippen LogP contribution in [-0.4, -0.2) is 42.9 Å². The normalized spacial score (nSPS) is 21.8. The number of amides is 1. The molecule has 0 radical (unpaired) electrons. The van der Waals surface area contributed by atoms with Crippen molar-refractivity contribution in [2.45, 2.75) is 25.4 Å². The van der Waals surface area contributed by atoms with Gasteiger partial charge in [0.05, 0.1) is 6.10 Å². The Kier molecular flexibility index (Phi) is 4.59. The van der Waals surface area contributed by atoms with E-state index in [2.05, 4.69) is 12.6 Å². The Morgan fingerprint density at radius 1 is 1.69 bits per heavy atom. The van der Waals surface area contributed by atoms with E-state index in [1.165, 1.54) is 0 Å². The van der Waals surface area contributed by atoms with Crippen LogP contribution in [0.1, 0.15) is 19.3 Å². The van der Waals surface area contributed by atoms with Crippen LogP contribution < -0.4 is 0 Å². The Labute approximate surface area is 84.8 Å². The zero-order valence-corrected chi connectivity index (χ0v) is 8.93. The van der Waals surface area contributed by atoms with Crippen LogP contribution in [-0.2, 0) is 9.53 Å². The number of rotatable bonds is 4. The highest BCUT2D eigenvalue weighted by molar-refractivity contribution is 7.80. The van der Waals surface area contributed by atoms with Crippen LogP contribution in [0.2, 0.25) is 0 Å². The van der Waals surface area contributed by atoms with Gasteiger partial charge in [-0.2, -0.15) is 12.6 Å². The highest BCUT2D eigenvalue weighted by Gasteiger charge is 2.19. The van der Waals surface area contributed by atoms with Crippen LogP contribution in [0.3, 0.4) is 0 Å². The van der Waals surface area contributed by atoms with E-state index in [4.69, 9.17) is 4.74 Å². The summed E-state index contributed by atoms with van der Waals surface area (Å²) in [6.07, 6.45) is 2.98. The monoisotopic (exact) mass is 203 g/mol. The summed E-state index contributed by atoms with van der Waals surface area (Å²) in [5.41, 5.74) is 0. The van der Waals surface area contributed by atoms with Crippen LogP contribution in [0.15, 0.2) is 0 Å². The number of ether oxygens (including phenoxy) is 1. The predicted octanol–water partition coefficient (Wildman–Crippen LogP) is 0.944. The first-order valence-corrected chi connectivity index (χ1v) is 5.33. The number of hydrogen-bond acceptors (Lipinski definition) is 3. The molecule has 1 unspecified atom stereocenters. The van der Waals surface area contributed by atoms with E-state index in [0.29, 0.717) is 12.2 Å². The Hall–Kier alpha value is -0.220. The summed E-state index contributed by atoms with van der Waals surface area (Å²) in [6.45, 7) is 1.58. The van der Waals surface area contributed by atoms with E-state index in [9.17, 15) is 4.79 Å². The van der Waals surface area contributed by atoms with Gasteiger partial charge in [-0.15, -0.1) is 0 Å². The Bertz CT molecular complexity index is 169. The van der Waals surface area contributed by atoms with E-state index in [1.807, 2.05) is 7.05 Å². The molecular formula is C9H17NO2S. The molecule has 1 aliphatic rings. The maximum Gasteiger partial charge on any atom is 0.223 e. The third-order valence-electron chi connectivity index (χ3n) is 2.25. The minimum atomic E-state index is 0.158. The van der Waals surface area contributed by atoms with Crippen molar-refractivity contribution in [3.63, 3.8) is 0 Å². The minimum Gasteiger partial charge on any atom is -0.376 e. The van der Waals surface area contributed by atoms with Crippen LogP contribution in [0.4, 0.5) is 0 Å². The first-order valence-electron chi connectivity index (χ1n) is 4.70. The van der Waals surface area contributed by atoms with Crippen molar-refractivity contribution in [2.24, 2.45) is 0 Å². The zero-order valence-electron chi connectivity index (χ0n) is 8.03. The van der Waals surface area contributed by atoms with Gasteiger partial charge in [0, 0.05) is 26.6 Å². The van der Waals surface area contributed by atoms with Crippen molar-refractivity contribution < 1.29 is 9.53 Å². The smallest absolute Gasteiger partial charge is 0.223 e. The number of carbonyl (C=O) groups excluding carboxylic acids is 1. The SMILES string of the molecule is CN(CC1CCCO1)C(=O)CCS. The molecule has 1 atom stereocenters. The molecule has 13 heavy (non-hydrogen) atoms. The molecule has 0 saturated carbocycles. The van der Waals surface area contributed by atoms with Crippen molar-refractivity contribution in [1.29, 1.82) is 0 Å². The van der Waals surface area contributed by atoms with Crippen molar-refractivity contribution in [1.82, 2.24) is 4.90 Å². The van der Waals surface area contributed by atoms with Gasteiger partial charge in [-0.25, -0.2) is 0 Å². The van der Waals surface area contributed by atoms with Crippen molar-refractivity contribution in [3.05, 3.63) is 0 Å². The van der Waals surface area contributed by atoms with Gasteiger partial charge in [-0.1, -0.05) is 0 Å². The third kappa shape index (κ3) is 3.56. The fourth-order valence-electron chi connectivity index (χ4n) is 1.48. The first kappa shape index (κ1) is 10.9. The average Bonchev–Trinajstić information content (AvgIpc) is 2.57. The topological polar surface area (TPSA) is 29.5 Å². The minimum absolute atomic E-state index is 0.158. The molecule has 3 nitrogen and oxygen atoms in total. The van der Waals surface area contributed by atoms with Gasteiger partial charge in [0.2, 0.25) is 5.91 Å².